The molecule has 4 rings (SSSR count). The molecule has 0 bridgehead atoms. The zero-order valence-electron chi connectivity index (χ0n) is 17.0. The Morgan fingerprint density at radius 2 is 1.72 bits per heavy atom. The number of hydrogen-bond donors (Lipinski definition) is 0. The minimum absolute atomic E-state index is 0.117. The minimum atomic E-state index is -0.484. The number of carbonyl (C=O) groups is 3. The van der Waals surface area contributed by atoms with Gasteiger partial charge in [0.15, 0.2) is 11.5 Å². The number of rotatable bonds is 6. The Morgan fingerprint density at radius 1 is 1.07 bits per heavy atom. The van der Waals surface area contributed by atoms with Gasteiger partial charge in [0.1, 0.15) is 6.04 Å². The van der Waals surface area contributed by atoms with Crippen molar-refractivity contribution in [3.05, 3.63) is 23.3 Å². The highest BCUT2D eigenvalue weighted by Gasteiger charge is 2.47. The fourth-order valence-corrected chi connectivity index (χ4v) is 4.48. The van der Waals surface area contributed by atoms with Crippen molar-refractivity contribution in [2.75, 3.05) is 33.9 Å². The summed E-state index contributed by atoms with van der Waals surface area (Å²) in [6.45, 7) is 2.30. The monoisotopic (exact) mass is 401 g/mol. The van der Waals surface area contributed by atoms with Gasteiger partial charge in [0.05, 0.1) is 14.2 Å². The summed E-state index contributed by atoms with van der Waals surface area (Å²) in [6.07, 6.45) is 3.45. The van der Waals surface area contributed by atoms with Gasteiger partial charge in [-0.15, -0.1) is 0 Å². The second-order valence-corrected chi connectivity index (χ2v) is 7.79. The molecule has 8 heteroatoms. The lowest BCUT2D eigenvalue weighted by Crippen LogP contribution is -2.40. The van der Waals surface area contributed by atoms with Crippen molar-refractivity contribution in [3.8, 4) is 11.5 Å². The van der Waals surface area contributed by atoms with E-state index in [0.29, 0.717) is 37.3 Å². The second kappa shape index (κ2) is 7.93. The first kappa shape index (κ1) is 19.5. The SMILES string of the molecule is COc1cc2c(cc1OC)CN1C(=O)N(CCCC(=O)N3CCCC3)C(=O)[C@H]1C2. The van der Waals surface area contributed by atoms with Gasteiger partial charge in [-0.2, -0.15) is 0 Å². The summed E-state index contributed by atoms with van der Waals surface area (Å²) in [7, 11) is 3.15. The van der Waals surface area contributed by atoms with Crippen LogP contribution in [0.2, 0.25) is 0 Å². The molecule has 3 aliphatic rings. The molecule has 3 heterocycles. The summed E-state index contributed by atoms with van der Waals surface area (Å²) < 4.78 is 10.7. The van der Waals surface area contributed by atoms with E-state index in [4.69, 9.17) is 9.47 Å². The number of urea groups is 1. The van der Waals surface area contributed by atoms with Gasteiger partial charge in [-0.05, 0) is 42.5 Å². The summed E-state index contributed by atoms with van der Waals surface area (Å²) in [5.74, 6) is 1.17. The van der Waals surface area contributed by atoms with E-state index in [9.17, 15) is 14.4 Å². The Kier molecular flexibility index (Phi) is 5.34. The maximum Gasteiger partial charge on any atom is 0.327 e. The van der Waals surface area contributed by atoms with Crippen molar-refractivity contribution in [1.82, 2.24) is 14.7 Å². The molecule has 3 aliphatic heterocycles. The lowest BCUT2D eigenvalue weighted by Gasteiger charge is -2.29. The fourth-order valence-electron chi connectivity index (χ4n) is 4.48. The number of amides is 4. The van der Waals surface area contributed by atoms with Gasteiger partial charge in [0.2, 0.25) is 5.91 Å². The van der Waals surface area contributed by atoms with Crippen molar-refractivity contribution < 1.29 is 23.9 Å². The highest BCUT2D eigenvalue weighted by atomic mass is 16.5. The molecule has 1 atom stereocenters. The Balaban J connectivity index is 1.42. The first-order valence-electron chi connectivity index (χ1n) is 10.2. The zero-order valence-corrected chi connectivity index (χ0v) is 17.0. The molecule has 4 amide bonds. The Hall–Kier alpha value is -2.77. The third kappa shape index (κ3) is 3.52. The van der Waals surface area contributed by atoms with Gasteiger partial charge in [0, 0.05) is 39.0 Å². The molecule has 2 saturated heterocycles. The molecular weight excluding hydrogens is 374 g/mol. The van der Waals surface area contributed by atoms with E-state index in [0.717, 1.165) is 37.1 Å². The molecule has 0 saturated carbocycles. The number of likely N-dealkylation sites (tertiary alicyclic amines) is 1. The molecule has 156 valence electrons. The van der Waals surface area contributed by atoms with Crippen LogP contribution >= 0.6 is 0 Å². The molecule has 0 N–H and O–H groups in total. The standard InChI is InChI=1S/C21H27N3O5/c1-28-17-11-14-10-16-20(26)23(9-5-6-19(25)22-7-3-4-8-22)21(27)24(16)13-15(14)12-18(17)29-2/h11-12,16H,3-10,13H2,1-2H3/t16-/m1/s1. The van der Waals surface area contributed by atoms with Gasteiger partial charge in [-0.25, -0.2) is 4.79 Å². The lowest BCUT2D eigenvalue weighted by molar-refractivity contribution is -0.131. The van der Waals surface area contributed by atoms with Crippen LogP contribution < -0.4 is 9.47 Å². The maximum atomic E-state index is 12.9. The molecule has 1 aromatic carbocycles. The first-order valence-corrected chi connectivity index (χ1v) is 10.2. The zero-order chi connectivity index (χ0) is 20.5. The topological polar surface area (TPSA) is 79.4 Å². The second-order valence-electron chi connectivity index (χ2n) is 7.79. The predicted octanol–water partition coefficient (Wildman–Crippen LogP) is 1.80. The van der Waals surface area contributed by atoms with E-state index in [1.165, 1.54) is 4.90 Å². The summed E-state index contributed by atoms with van der Waals surface area (Å²) in [4.78, 5) is 42.7. The van der Waals surface area contributed by atoms with Crippen LogP contribution in [0.5, 0.6) is 11.5 Å². The number of carbonyl (C=O) groups excluding carboxylic acids is 3. The van der Waals surface area contributed by atoms with Crippen LogP contribution in [0.1, 0.15) is 36.8 Å². The molecular formula is C21H27N3O5. The Morgan fingerprint density at radius 3 is 2.38 bits per heavy atom. The van der Waals surface area contributed by atoms with Crippen molar-refractivity contribution in [2.24, 2.45) is 0 Å². The van der Waals surface area contributed by atoms with E-state index in [-0.39, 0.29) is 24.4 Å². The van der Waals surface area contributed by atoms with Crippen LogP contribution in [0, 0.1) is 0 Å². The normalized spacial score (nSPS) is 20.8. The Bertz CT molecular complexity index is 783. The highest BCUT2D eigenvalue weighted by Crippen LogP contribution is 2.37. The summed E-state index contributed by atoms with van der Waals surface area (Å²) in [5, 5.41) is 0. The third-order valence-corrected chi connectivity index (χ3v) is 6.09. The molecule has 0 radical (unpaired) electrons. The number of imide groups is 1. The largest absolute Gasteiger partial charge is 0.493 e. The smallest absolute Gasteiger partial charge is 0.327 e. The number of methoxy groups -OCH3 is 2. The molecule has 2 fully saturated rings. The summed E-state index contributed by atoms with van der Waals surface area (Å²) >= 11 is 0. The van der Waals surface area contributed by atoms with Crippen LogP contribution in [0.15, 0.2) is 12.1 Å². The van der Waals surface area contributed by atoms with Gasteiger partial charge in [0.25, 0.3) is 5.91 Å². The highest BCUT2D eigenvalue weighted by molar-refractivity contribution is 6.04. The van der Waals surface area contributed by atoms with E-state index in [2.05, 4.69) is 0 Å². The van der Waals surface area contributed by atoms with Crippen LogP contribution in [0.25, 0.3) is 0 Å². The number of hydrogen-bond acceptors (Lipinski definition) is 5. The predicted molar refractivity (Wildman–Crippen MR) is 105 cm³/mol. The molecule has 0 spiro atoms. The van der Waals surface area contributed by atoms with Crippen molar-refractivity contribution in [2.45, 2.75) is 44.7 Å². The van der Waals surface area contributed by atoms with E-state index >= 15 is 0 Å². The van der Waals surface area contributed by atoms with E-state index < -0.39 is 6.04 Å². The molecule has 8 nitrogen and oxygen atoms in total. The van der Waals surface area contributed by atoms with Gasteiger partial charge in [-0.1, -0.05) is 0 Å². The summed E-state index contributed by atoms with van der Waals surface area (Å²) in [5.41, 5.74) is 1.96. The van der Waals surface area contributed by atoms with Gasteiger partial charge in [-0.3, -0.25) is 14.5 Å². The minimum Gasteiger partial charge on any atom is -0.493 e. The fraction of sp³-hybridized carbons (Fsp3) is 0.571. The van der Waals surface area contributed by atoms with Crippen LogP contribution in [0.4, 0.5) is 4.79 Å². The molecule has 29 heavy (non-hydrogen) atoms. The number of benzene rings is 1. The van der Waals surface area contributed by atoms with Crippen LogP contribution in [0.3, 0.4) is 0 Å². The van der Waals surface area contributed by atoms with Crippen molar-refractivity contribution >= 4 is 17.8 Å². The van der Waals surface area contributed by atoms with Crippen molar-refractivity contribution in [3.63, 3.8) is 0 Å². The van der Waals surface area contributed by atoms with Crippen LogP contribution in [-0.4, -0.2) is 72.4 Å². The number of ether oxygens (including phenoxy) is 2. The van der Waals surface area contributed by atoms with Gasteiger partial charge < -0.3 is 19.3 Å². The molecule has 0 aliphatic carbocycles. The molecule has 0 unspecified atom stereocenters. The van der Waals surface area contributed by atoms with Crippen LogP contribution in [-0.2, 0) is 22.6 Å². The average Bonchev–Trinajstić information content (AvgIpc) is 3.35. The first-order chi connectivity index (χ1) is 14.0. The molecule has 1 aromatic rings. The number of fused-ring (bicyclic) bond motifs is 2. The Labute approximate surface area is 170 Å². The van der Waals surface area contributed by atoms with Gasteiger partial charge >= 0.3 is 6.03 Å². The maximum absolute atomic E-state index is 12.9. The quantitative estimate of drug-likeness (QED) is 0.679. The number of nitrogens with zero attached hydrogens (tertiary/aromatic N) is 3. The van der Waals surface area contributed by atoms with Crippen molar-refractivity contribution in [1.29, 1.82) is 0 Å². The third-order valence-electron chi connectivity index (χ3n) is 6.09. The average molecular weight is 401 g/mol. The molecule has 0 aromatic heterocycles. The summed E-state index contributed by atoms with van der Waals surface area (Å²) in [6, 6.07) is 3.01. The lowest BCUT2D eigenvalue weighted by atomic mass is 9.94. The van der Waals surface area contributed by atoms with E-state index in [1.54, 1.807) is 19.1 Å². The van der Waals surface area contributed by atoms with E-state index in [1.807, 2.05) is 17.0 Å².